The number of amides is 1. The molecule has 0 fully saturated rings. The number of halogens is 1. The van der Waals surface area contributed by atoms with Crippen molar-refractivity contribution in [3.8, 4) is 0 Å². The van der Waals surface area contributed by atoms with Crippen LogP contribution in [-0.4, -0.2) is 17.9 Å². The van der Waals surface area contributed by atoms with Gasteiger partial charge < -0.3 is 9.88 Å². The zero-order valence-corrected chi connectivity index (χ0v) is 11.6. The number of carbonyl (C=O) groups excluding carboxylic acids is 1. The number of nitrogens with one attached hydrogen (secondary N) is 1. The second-order valence-electron chi connectivity index (χ2n) is 5.13. The number of hydrogen-bond donors (Lipinski definition) is 1. The lowest BCUT2D eigenvalue weighted by molar-refractivity contribution is -0.112. The van der Waals surface area contributed by atoms with E-state index in [2.05, 4.69) is 4.98 Å². The molecule has 0 saturated carbocycles. The maximum atomic E-state index is 13.4. The lowest BCUT2D eigenvalue weighted by Crippen LogP contribution is -2.20. The molecule has 0 aliphatic carbocycles. The first-order chi connectivity index (χ1) is 9.47. The first kappa shape index (κ1) is 12.7. The van der Waals surface area contributed by atoms with Crippen LogP contribution in [0.5, 0.6) is 0 Å². The third kappa shape index (κ3) is 1.84. The van der Waals surface area contributed by atoms with Crippen LogP contribution in [0.15, 0.2) is 24.3 Å². The number of H-pyrrole nitrogens is 1. The molecule has 1 amide bonds. The number of aromatic nitrogens is 1. The van der Waals surface area contributed by atoms with Crippen molar-refractivity contribution in [1.82, 2.24) is 4.98 Å². The van der Waals surface area contributed by atoms with E-state index in [9.17, 15) is 9.18 Å². The van der Waals surface area contributed by atoms with Crippen LogP contribution in [0.3, 0.4) is 0 Å². The first-order valence-corrected chi connectivity index (χ1v) is 6.43. The fourth-order valence-corrected chi connectivity index (χ4v) is 2.61. The summed E-state index contributed by atoms with van der Waals surface area (Å²) < 4.78 is 13.4. The molecule has 4 heteroatoms. The van der Waals surface area contributed by atoms with Crippen LogP contribution in [0.1, 0.15) is 22.5 Å². The second-order valence-corrected chi connectivity index (χ2v) is 5.13. The molecular formula is C16H15FN2O. The molecule has 1 N–H and O–H groups in total. The second kappa shape index (κ2) is 4.34. The Balaban J connectivity index is 2.18. The van der Waals surface area contributed by atoms with Gasteiger partial charge in [-0.15, -0.1) is 0 Å². The number of aryl methyl sites for hydroxylation is 2. The van der Waals surface area contributed by atoms with Crippen molar-refractivity contribution in [3.05, 3.63) is 52.6 Å². The molecule has 3 rings (SSSR count). The Hall–Kier alpha value is -2.36. The van der Waals surface area contributed by atoms with Gasteiger partial charge in [0.05, 0.1) is 11.3 Å². The van der Waals surface area contributed by atoms with E-state index >= 15 is 0 Å². The van der Waals surface area contributed by atoms with E-state index in [-0.39, 0.29) is 11.7 Å². The summed E-state index contributed by atoms with van der Waals surface area (Å²) in [6.07, 6.45) is 1.80. The summed E-state index contributed by atoms with van der Waals surface area (Å²) in [4.78, 5) is 17.1. The van der Waals surface area contributed by atoms with Gasteiger partial charge in [0.1, 0.15) is 5.82 Å². The lowest BCUT2D eigenvalue weighted by atomic mass is 10.1. The minimum atomic E-state index is -0.336. The van der Waals surface area contributed by atoms with Crippen molar-refractivity contribution in [2.24, 2.45) is 0 Å². The van der Waals surface area contributed by atoms with E-state index in [0.29, 0.717) is 11.1 Å². The van der Waals surface area contributed by atoms with Crippen LogP contribution >= 0.6 is 0 Å². The molecule has 3 nitrogen and oxygen atoms in total. The fourth-order valence-electron chi connectivity index (χ4n) is 2.61. The largest absolute Gasteiger partial charge is 0.359 e. The highest BCUT2D eigenvalue weighted by atomic mass is 19.1. The summed E-state index contributed by atoms with van der Waals surface area (Å²) in [6.45, 7) is 3.94. The summed E-state index contributed by atoms with van der Waals surface area (Å²) in [5.74, 6) is -0.450. The van der Waals surface area contributed by atoms with E-state index in [1.165, 1.54) is 12.1 Å². The summed E-state index contributed by atoms with van der Waals surface area (Å²) in [6, 6.07) is 6.43. The van der Waals surface area contributed by atoms with E-state index in [0.717, 1.165) is 22.6 Å². The summed E-state index contributed by atoms with van der Waals surface area (Å²) in [5, 5.41) is 0. The highest BCUT2D eigenvalue weighted by Crippen LogP contribution is 2.37. The monoisotopic (exact) mass is 270 g/mol. The van der Waals surface area contributed by atoms with Gasteiger partial charge in [0.2, 0.25) is 0 Å². The number of hydrogen-bond acceptors (Lipinski definition) is 1. The maximum Gasteiger partial charge on any atom is 0.258 e. The topological polar surface area (TPSA) is 36.1 Å². The zero-order valence-electron chi connectivity index (χ0n) is 11.6. The van der Waals surface area contributed by atoms with Crippen LogP contribution in [0.25, 0.3) is 11.6 Å². The number of likely N-dealkylation sites (N-methyl/N-ethyl adjacent to an activating group) is 1. The number of fused-ring (bicyclic) bond motifs is 1. The van der Waals surface area contributed by atoms with Crippen molar-refractivity contribution in [3.63, 3.8) is 0 Å². The number of benzene rings is 1. The molecule has 1 aromatic carbocycles. The van der Waals surface area contributed by atoms with Crippen molar-refractivity contribution >= 4 is 23.2 Å². The van der Waals surface area contributed by atoms with Crippen LogP contribution in [0.2, 0.25) is 0 Å². The molecule has 0 atom stereocenters. The average molecular weight is 270 g/mol. The molecule has 1 aromatic heterocycles. The smallest absolute Gasteiger partial charge is 0.258 e. The lowest BCUT2D eigenvalue weighted by Gasteiger charge is -2.08. The van der Waals surface area contributed by atoms with Crippen LogP contribution in [0, 0.1) is 19.7 Å². The summed E-state index contributed by atoms with van der Waals surface area (Å²) >= 11 is 0. The number of nitrogens with zero attached hydrogens (tertiary/aromatic N) is 1. The number of anilines is 1. The van der Waals surface area contributed by atoms with Gasteiger partial charge in [0.15, 0.2) is 0 Å². The van der Waals surface area contributed by atoms with E-state index < -0.39 is 0 Å². The standard InChI is InChI=1S/C16H15FN2O/c1-9-6-10(2)18-14(9)8-13-12-7-11(17)4-5-15(12)19(3)16(13)20/h4-8,18H,1-3H3/b13-8-. The van der Waals surface area contributed by atoms with Crippen LogP contribution in [0.4, 0.5) is 10.1 Å². The molecule has 2 heterocycles. The Bertz CT molecular complexity index is 743. The van der Waals surface area contributed by atoms with Gasteiger partial charge in [0.25, 0.3) is 5.91 Å². The summed E-state index contributed by atoms with van der Waals surface area (Å²) in [7, 11) is 1.70. The van der Waals surface area contributed by atoms with Crippen LogP contribution < -0.4 is 4.90 Å². The molecule has 0 bridgehead atoms. The van der Waals surface area contributed by atoms with Gasteiger partial charge in [-0.2, -0.15) is 0 Å². The first-order valence-electron chi connectivity index (χ1n) is 6.43. The molecule has 20 heavy (non-hydrogen) atoms. The van der Waals surface area contributed by atoms with Gasteiger partial charge >= 0.3 is 0 Å². The Morgan fingerprint density at radius 1 is 1.25 bits per heavy atom. The van der Waals surface area contributed by atoms with Gasteiger partial charge in [0, 0.05) is 24.0 Å². The predicted molar refractivity (Wildman–Crippen MR) is 77.9 cm³/mol. The van der Waals surface area contributed by atoms with Crippen molar-refractivity contribution in [1.29, 1.82) is 0 Å². The summed E-state index contributed by atoms with van der Waals surface area (Å²) in [5.41, 5.74) is 4.89. The number of aromatic amines is 1. The van der Waals surface area contributed by atoms with Crippen molar-refractivity contribution < 1.29 is 9.18 Å². The Morgan fingerprint density at radius 3 is 2.65 bits per heavy atom. The fraction of sp³-hybridized carbons (Fsp3) is 0.188. The Morgan fingerprint density at radius 2 is 2.00 bits per heavy atom. The SMILES string of the molecule is Cc1cc(C)c(/C=C2\C(=O)N(C)c3ccc(F)cc32)[nH]1. The van der Waals surface area contributed by atoms with Gasteiger partial charge in [-0.1, -0.05) is 0 Å². The van der Waals surface area contributed by atoms with Crippen molar-refractivity contribution in [2.75, 3.05) is 11.9 Å². The minimum absolute atomic E-state index is 0.114. The average Bonchev–Trinajstić information content (AvgIpc) is 2.82. The molecule has 1 aliphatic rings. The third-order valence-corrected chi connectivity index (χ3v) is 3.62. The quantitative estimate of drug-likeness (QED) is 0.793. The van der Waals surface area contributed by atoms with E-state index in [4.69, 9.17) is 0 Å². The Kier molecular flexibility index (Phi) is 2.74. The van der Waals surface area contributed by atoms with Crippen LogP contribution in [-0.2, 0) is 4.79 Å². The molecule has 0 radical (unpaired) electrons. The molecule has 0 unspecified atom stereocenters. The van der Waals surface area contributed by atoms with Gasteiger partial charge in [-0.3, -0.25) is 4.79 Å². The molecule has 1 aliphatic heterocycles. The Labute approximate surface area is 116 Å². The highest BCUT2D eigenvalue weighted by molar-refractivity contribution is 6.35. The van der Waals surface area contributed by atoms with E-state index in [1.54, 1.807) is 24.1 Å². The molecule has 0 spiro atoms. The molecular weight excluding hydrogens is 255 g/mol. The predicted octanol–water partition coefficient (Wildman–Crippen LogP) is 3.29. The minimum Gasteiger partial charge on any atom is -0.359 e. The molecule has 2 aromatic rings. The maximum absolute atomic E-state index is 13.4. The number of carbonyl (C=O) groups is 1. The highest BCUT2D eigenvalue weighted by Gasteiger charge is 2.30. The third-order valence-electron chi connectivity index (χ3n) is 3.62. The van der Waals surface area contributed by atoms with Gasteiger partial charge in [-0.05, 0) is 49.8 Å². The normalized spacial score (nSPS) is 16.1. The number of rotatable bonds is 1. The zero-order chi connectivity index (χ0) is 14.4. The van der Waals surface area contributed by atoms with Crippen molar-refractivity contribution in [2.45, 2.75) is 13.8 Å². The van der Waals surface area contributed by atoms with Gasteiger partial charge in [-0.25, -0.2) is 4.39 Å². The van der Waals surface area contributed by atoms with E-state index in [1.807, 2.05) is 19.9 Å². The molecule has 102 valence electrons. The molecule has 0 saturated heterocycles.